The van der Waals surface area contributed by atoms with Crippen LogP contribution in [0.5, 0.6) is 0 Å². The molecule has 0 saturated heterocycles. The molecular weight excluding hydrogens is 864 g/mol. The van der Waals surface area contributed by atoms with Crippen LogP contribution in [0.4, 0.5) is 4.39 Å². The molecule has 0 aromatic heterocycles. The van der Waals surface area contributed by atoms with Crippen molar-refractivity contribution < 1.29 is 71.9 Å². The average Bonchev–Trinajstić information content (AvgIpc) is 3.25. The Balaban J connectivity index is 3.65. The molecule has 2 unspecified atom stereocenters. The molecule has 0 spiro atoms. The van der Waals surface area contributed by atoms with Crippen molar-refractivity contribution in [2.75, 3.05) is 90.5 Å². The van der Waals surface area contributed by atoms with Gasteiger partial charge < -0.3 is 61.5 Å². The molecule has 0 fully saturated rings. The number of carboxylic acids is 2. The van der Waals surface area contributed by atoms with Gasteiger partial charge in [0.05, 0.1) is 45.4 Å². The molecule has 0 aromatic rings. The van der Waals surface area contributed by atoms with Gasteiger partial charge in [-0.15, -0.1) is 11.8 Å². The monoisotopic (exact) mass is 939 g/mol. The lowest BCUT2D eigenvalue weighted by atomic mass is 10.0. The van der Waals surface area contributed by atoms with E-state index in [-0.39, 0.29) is 146 Å². The Morgan fingerprint density at radius 3 is 1.39 bits per heavy atom. The first kappa shape index (κ1) is 60.0. The van der Waals surface area contributed by atoms with E-state index in [1.54, 1.807) is 0 Å². The van der Waals surface area contributed by atoms with Crippen LogP contribution in [-0.4, -0.2) is 160 Å². The van der Waals surface area contributed by atoms with Crippen molar-refractivity contribution >= 4 is 59.3 Å². The number of amides is 5. The van der Waals surface area contributed by atoms with E-state index in [0.717, 1.165) is 56.7 Å². The van der Waals surface area contributed by atoms with Crippen molar-refractivity contribution in [3.63, 3.8) is 0 Å². The van der Waals surface area contributed by atoms with Crippen molar-refractivity contribution in [1.29, 1.82) is 0 Å². The number of unbranched alkanes of at least 4 members (excludes halogenated alkanes) is 13. The number of ether oxygens (including phenoxy) is 4. The molecule has 0 rings (SSSR count). The van der Waals surface area contributed by atoms with Crippen LogP contribution in [-0.2, 0) is 57.3 Å². The zero-order chi connectivity index (χ0) is 47.5. The number of carbonyl (C=O) groups excluding carboxylic acids is 6. The summed E-state index contributed by atoms with van der Waals surface area (Å²) >= 11 is 1.02. The summed E-state index contributed by atoms with van der Waals surface area (Å²) in [6.45, 7) is 1.41. The van der Waals surface area contributed by atoms with E-state index >= 15 is 0 Å². The lowest BCUT2D eigenvalue weighted by molar-refractivity contribution is -0.142. The van der Waals surface area contributed by atoms with Gasteiger partial charge in [-0.25, -0.2) is 4.79 Å². The fourth-order valence-electron chi connectivity index (χ4n) is 5.77. The van der Waals surface area contributed by atoms with Gasteiger partial charge >= 0.3 is 18.0 Å². The lowest BCUT2D eigenvalue weighted by Crippen LogP contribution is -2.41. The number of carbonyl (C=O) groups is 8. The van der Waals surface area contributed by atoms with Gasteiger partial charge in [-0.1, -0.05) is 77.0 Å². The average molecular weight is 939 g/mol. The molecule has 0 aromatic carbocycles. The summed E-state index contributed by atoms with van der Waals surface area (Å²) in [5, 5.41) is 31.1. The summed E-state index contributed by atoms with van der Waals surface area (Å²) in [6.07, 6.45) is 15.3. The van der Waals surface area contributed by atoms with E-state index in [1.807, 2.05) is 0 Å². The van der Waals surface area contributed by atoms with Gasteiger partial charge in [0, 0.05) is 51.2 Å². The van der Waals surface area contributed by atoms with Gasteiger partial charge in [-0.2, -0.15) is 4.39 Å². The van der Waals surface area contributed by atoms with Crippen LogP contribution in [0, 0.1) is 0 Å². The first-order valence-electron chi connectivity index (χ1n) is 22.5. The molecule has 64 heavy (non-hydrogen) atoms. The second-order valence-corrected chi connectivity index (χ2v) is 16.0. The van der Waals surface area contributed by atoms with E-state index in [4.69, 9.17) is 29.8 Å². The van der Waals surface area contributed by atoms with Crippen LogP contribution in [0.2, 0.25) is 0 Å². The number of thioether (sulfide) groups is 1. The third-order valence-corrected chi connectivity index (χ3v) is 10.3. The van der Waals surface area contributed by atoms with Crippen LogP contribution in [0.1, 0.15) is 116 Å². The lowest BCUT2D eigenvalue weighted by Gasteiger charge is -2.14. The van der Waals surface area contributed by atoms with Crippen LogP contribution in [0.15, 0.2) is 0 Å². The molecule has 0 aliphatic carbocycles. The van der Waals surface area contributed by atoms with Crippen molar-refractivity contribution in [2.24, 2.45) is 5.73 Å². The molecule has 0 saturated carbocycles. The highest BCUT2D eigenvalue weighted by molar-refractivity contribution is 8.00. The number of rotatable bonds is 46. The van der Waals surface area contributed by atoms with E-state index in [9.17, 15) is 47.9 Å². The molecule has 20 nitrogen and oxygen atoms in total. The molecule has 0 aliphatic heterocycles. The van der Waals surface area contributed by atoms with Crippen molar-refractivity contribution in [3.05, 3.63) is 0 Å². The Kier molecular flexibility index (Phi) is 40.3. The number of nitrogens with two attached hydrogens (primary N) is 1. The van der Waals surface area contributed by atoms with E-state index in [0.29, 0.717) is 6.42 Å². The standard InChI is InChI=1S/C42H75FN6O14S/c43-41(57)33(44)31-64-32-39(54)46-20-19-45-37(52)29-62-27-26-61-24-22-48-38(53)30-63-28-25-60-23-21-47-35(50)18-17-34(42(58)59)49-36(51)15-13-11-9-7-5-3-1-2-4-6-8-10-12-14-16-40(55)56/h33-34H,1-32,44H2,(H,45,52)(H,46,54)(H,47,50)(H,48,53)(H,49,51)(H,55,56)(H,58,59). The molecule has 0 aliphatic rings. The van der Waals surface area contributed by atoms with Crippen molar-refractivity contribution in [3.8, 4) is 0 Å². The predicted octanol–water partition coefficient (Wildman–Crippen LogP) is 1.75. The summed E-state index contributed by atoms with van der Waals surface area (Å²) in [5.74, 6) is -3.72. The summed E-state index contributed by atoms with van der Waals surface area (Å²) in [4.78, 5) is 92.5. The molecule has 0 heterocycles. The summed E-state index contributed by atoms with van der Waals surface area (Å²) < 4.78 is 33.6. The van der Waals surface area contributed by atoms with Crippen molar-refractivity contribution in [1.82, 2.24) is 26.6 Å². The van der Waals surface area contributed by atoms with Gasteiger partial charge in [-0.3, -0.25) is 33.6 Å². The molecule has 2 atom stereocenters. The Morgan fingerprint density at radius 2 is 0.922 bits per heavy atom. The molecule has 9 N–H and O–H groups in total. The highest BCUT2D eigenvalue weighted by Crippen LogP contribution is 2.14. The molecular formula is C42H75FN6O14S. The van der Waals surface area contributed by atoms with E-state index in [1.165, 1.54) is 38.5 Å². The van der Waals surface area contributed by atoms with Crippen LogP contribution < -0.4 is 32.3 Å². The van der Waals surface area contributed by atoms with Gasteiger partial charge in [0.15, 0.2) is 0 Å². The Morgan fingerprint density at radius 1 is 0.500 bits per heavy atom. The zero-order valence-corrected chi connectivity index (χ0v) is 38.3. The van der Waals surface area contributed by atoms with Crippen molar-refractivity contribution in [2.45, 2.75) is 128 Å². The minimum atomic E-state index is -1.63. The normalized spacial score (nSPS) is 11.9. The SMILES string of the molecule is NC(CSCC(=O)NCCNC(=O)COCCOCCNC(=O)COCCOCCNC(=O)CCC(NC(=O)CCCCCCCCCCCCCCCCC(=O)O)C(=O)O)C(=O)F. The second-order valence-electron chi connectivity index (χ2n) is 15.0. The third kappa shape index (κ3) is 42.0. The number of nitrogens with one attached hydrogen (secondary N) is 5. The Hall–Kier alpha value is -3.96. The molecule has 22 heteroatoms. The first-order valence-corrected chi connectivity index (χ1v) is 23.6. The van der Waals surface area contributed by atoms with E-state index < -0.39 is 30.1 Å². The number of carboxylic acid groups (broad SMARTS) is 2. The molecule has 0 bridgehead atoms. The summed E-state index contributed by atoms with van der Waals surface area (Å²) in [7, 11) is 0. The van der Waals surface area contributed by atoms with Crippen LogP contribution in [0.3, 0.4) is 0 Å². The number of hydrogen-bond acceptors (Lipinski definition) is 14. The fraction of sp³-hybridized carbons (Fsp3) is 0.810. The quantitative estimate of drug-likeness (QED) is 0.0319. The second kappa shape index (κ2) is 43.0. The highest BCUT2D eigenvalue weighted by atomic mass is 32.2. The number of hydrogen-bond donors (Lipinski definition) is 8. The Labute approximate surface area is 380 Å². The number of halogens is 1. The third-order valence-electron chi connectivity index (χ3n) is 9.28. The summed E-state index contributed by atoms with van der Waals surface area (Å²) in [5.41, 5.74) is 5.24. The van der Waals surface area contributed by atoms with Gasteiger partial charge in [0.2, 0.25) is 29.5 Å². The largest absolute Gasteiger partial charge is 0.481 e. The Bertz CT molecular complexity index is 1320. The fourth-order valence-corrected chi connectivity index (χ4v) is 6.56. The van der Waals surface area contributed by atoms with Crippen LogP contribution in [0.25, 0.3) is 0 Å². The maximum atomic E-state index is 12.4. The van der Waals surface area contributed by atoms with Gasteiger partial charge in [-0.05, 0) is 19.3 Å². The minimum Gasteiger partial charge on any atom is -0.481 e. The molecule has 5 amide bonds. The topological polar surface area (TPSA) is 300 Å². The smallest absolute Gasteiger partial charge is 0.326 e. The molecule has 370 valence electrons. The molecule has 0 radical (unpaired) electrons. The maximum Gasteiger partial charge on any atom is 0.326 e. The highest BCUT2D eigenvalue weighted by Gasteiger charge is 2.21. The minimum absolute atomic E-state index is 0.0000858. The van der Waals surface area contributed by atoms with Gasteiger partial charge in [0.25, 0.3) is 0 Å². The summed E-state index contributed by atoms with van der Waals surface area (Å²) in [6, 6.07) is -4.05. The number of aliphatic carboxylic acids is 2. The van der Waals surface area contributed by atoms with Gasteiger partial charge in [0.1, 0.15) is 25.3 Å². The predicted molar refractivity (Wildman–Crippen MR) is 237 cm³/mol. The first-order chi connectivity index (χ1) is 30.8. The maximum absolute atomic E-state index is 12.4. The van der Waals surface area contributed by atoms with Crippen LogP contribution >= 0.6 is 11.8 Å². The van der Waals surface area contributed by atoms with E-state index in [2.05, 4.69) is 26.6 Å². The zero-order valence-electron chi connectivity index (χ0n) is 37.4.